The number of rotatable bonds is 7. The number of benzene rings is 2. The Balaban J connectivity index is 1.72. The van der Waals surface area contributed by atoms with E-state index in [0.717, 1.165) is 14.8 Å². The minimum Gasteiger partial charge on any atom is -0.493 e. The Morgan fingerprint density at radius 1 is 1.19 bits per heavy atom. The van der Waals surface area contributed by atoms with Gasteiger partial charge in [0, 0.05) is 9.78 Å². The molecule has 1 N–H and O–H groups in total. The number of aromatic carboxylic acids is 1. The molecular formula is C20H16INO5. The van der Waals surface area contributed by atoms with Crippen LogP contribution in [0.15, 0.2) is 64.0 Å². The molecule has 138 valence electrons. The van der Waals surface area contributed by atoms with Gasteiger partial charge in [-0.1, -0.05) is 12.1 Å². The third-order valence-electron chi connectivity index (χ3n) is 3.64. The van der Waals surface area contributed by atoms with Crippen molar-refractivity contribution in [3.05, 3.63) is 75.3 Å². The molecule has 3 aromatic rings. The number of carboxylic acid groups (broad SMARTS) is 1. The van der Waals surface area contributed by atoms with E-state index in [-0.39, 0.29) is 12.4 Å². The molecule has 3 rings (SSSR count). The van der Waals surface area contributed by atoms with Gasteiger partial charge in [-0.2, -0.15) is 0 Å². The van der Waals surface area contributed by atoms with Crippen LogP contribution in [0.3, 0.4) is 0 Å². The average molecular weight is 477 g/mol. The minimum atomic E-state index is -1.12. The molecule has 0 aliphatic carbocycles. The number of ether oxygens (including phenoxy) is 2. The Bertz CT molecular complexity index is 980. The summed E-state index contributed by atoms with van der Waals surface area (Å²) < 4.78 is 17.3. The fraction of sp³-hybridized carbons (Fsp3) is 0.100. The average Bonchev–Trinajstić information content (AvgIpc) is 3.15. The Hall–Kier alpha value is -2.81. The highest BCUT2D eigenvalue weighted by molar-refractivity contribution is 14.1. The zero-order chi connectivity index (χ0) is 19.2. The van der Waals surface area contributed by atoms with Crippen LogP contribution in [0.5, 0.6) is 11.5 Å². The van der Waals surface area contributed by atoms with Crippen molar-refractivity contribution in [3.8, 4) is 11.5 Å². The van der Waals surface area contributed by atoms with Crippen LogP contribution < -0.4 is 9.47 Å². The zero-order valence-electron chi connectivity index (χ0n) is 14.4. The van der Waals surface area contributed by atoms with Crippen molar-refractivity contribution >= 4 is 40.5 Å². The molecule has 6 nitrogen and oxygen atoms in total. The van der Waals surface area contributed by atoms with Crippen molar-refractivity contribution in [1.82, 2.24) is 0 Å². The van der Waals surface area contributed by atoms with Gasteiger partial charge in [-0.05, 0) is 70.6 Å². The first-order valence-corrected chi connectivity index (χ1v) is 9.06. The molecule has 27 heavy (non-hydrogen) atoms. The van der Waals surface area contributed by atoms with Crippen LogP contribution in [-0.4, -0.2) is 24.4 Å². The fourth-order valence-corrected chi connectivity index (χ4v) is 2.83. The van der Waals surface area contributed by atoms with Gasteiger partial charge in [0.1, 0.15) is 12.4 Å². The molecule has 1 aromatic heterocycles. The van der Waals surface area contributed by atoms with Gasteiger partial charge in [0.2, 0.25) is 5.76 Å². The summed E-state index contributed by atoms with van der Waals surface area (Å²) in [7, 11) is 1.55. The number of carboxylic acids is 1. The van der Waals surface area contributed by atoms with Crippen molar-refractivity contribution in [2.45, 2.75) is 6.61 Å². The van der Waals surface area contributed by atoms with E-state index in [1.54, 1.807) is 25.5 Å². The first-order chi connectivity index (χ1) is 13.1. The molecule has 0 radical (unpaired) electrons. The highest BCUT2D eigenvalue weighted by atomic mass is 127. The lowest BCUT2D eigenvalue weighted by molar-refractivity contribution is 0.0658. The van der Waals surface area contributed by atoms with Gasteiger partial charge in [-0.3, -0.25) is 4.99 Å². The molecule has 0 bridgehead atoms. The molecule has 0 aliphatic rings. The Kier molecular flexibility index (Phi) is 6.12. The lowest BCUT2D eigenvalue weighted by Gasteiger charge is -2.10. The van der Waals surface area contributed by atoms with Gasteiger partial charge in [0.05, 0.1) is 12.8 Å². The summed E-state index contributed by atoms with van der Waals surface area (Å²) >= 11 is 2.24. The number of hydrogen-bond donors (Lipinski definition) is 1. The molecule has 0 amide bonds. The van der Waals surface area contributed by atoms with Gasteiger partial charge in [0.25, 0.3) is 0 Å². The van der Waals surface area contributed by atoms with E-state index < -0.39 is 5.97 Å². The van der Waals surface area contributed by atoms with Gasteiger partial charge in [0.15, 0.2) is 11.5 Å². The molecule has 0 saturated heterocycles. The number of hydrogen-bond acceptors (Lipinski definition) is 5. The first kappa shape index (κ1) is 19.0. The molecule has 0 spiro atoms. The van der Waals surface area contributed by atoms with Crippen LogP contribution in [0.25, 0.3) is 0 Å². The number of carbonyl (C=O) groups is 1. The lowest BCUT2D eigenvalue weighted by Crippen LogP contribution is -1.98. The maximum atomic E-state index is 10.8. The van der Waals surface area contributed by atoms with Crippen molar-refractivity contribution in [3.63, 3.8) is 0 Å². The predicted octanol–water partition coefficient (Wildman–Crippen LogP) is 4.92. The zero-order valence-corrected chi connectivity index (χ0v) is 16.5. The molecule has 0 saturated carbocycles. The Morgan fingerprint density at radius 3 is 2.70 bits per heavy atom. The largest absolute Gasteiger partial charge is 0.493 e. The maximum absolute atomic E-state index is 10.8. The summed E-state index contributed by atoms with van der Waals surface area (Å²) in [6.07, 6.45) is 1.76. The molecule has 0 fully saturated rings. The van der Waals surface area contributed by atoms with Crippen LogP contribution in [0.4, 0.5) is 5.69 Å². The van der Waals surface area contributed by atoms with Crippen molar-refractivity contribution in [2.75, 3.05) is 7.11 Å². The predicted molar refractivity (Wildman–Crippen MR) is 109 cm³/mol. The summed E-state index contributed by atoms with van der Waals surface area (Å²) in [6.45, 7) is 0.0965. The van der Waals surface area contributed by atoms with E-state index in [9.17, 15) is 4.79 Å². The second kappa shape index (κ2) is 8.72. The van der Waals surface area contributed by atoms with Gasteiger partial charge >= 0.3 is 5.97 Å². The van der Waals surface area contributed by atoms with Crippen molar-refractivity contribution in [2.24, 2.45) is 4.99 Å². The minimum absolute atomic E-state index is 0.0965. The van der Waals surface area contributed by atoms with Crippen LogP contribution in [0.1, 0.15) is 21.9 Å². The number of aliphatic imine (C=N–C) groups is 1. The topological polar surface area (TPSA) is 81.3 Å². The number of methoxy groups -OCH3 is 1. The number of nitrogens with zero attached hydrogens (tertiary/aromatic N) is 1. The molecule has 0 unspecified atom stereocenters. The highest BCUT2D eigenvalue weighted by Gasteiger charge is 2.11. The van der Waals surface area contributed by atoms with E-state index in [4.69, 9.17) is 19.0 Å². The quantitative estimate of drug-likeness (QED) is 0.386. The van der Waals surface area contributed by atoms with Gasteiger partial charge in [-0.25, -0.2) is 4.79 Å². The lowest BCUT2D eigenvalue weighted by atomic mass is 10.2. The number of para-hydroxylation sites is 1. The molecule has 1 heterocycles. The smallest absolute Gasteiger partial charge is 0.371 e. The monoisotopic (exact) mass is 477 g/mol. The fourth-order valence-electron chi connectivity index (χ4n) is 2.30. The summed E-state index contributed by atoms with van der Waals surface area (Å²) in [5, 5.41) is 8.88. The van der Waals surface area contributed by atoms with Crippen LogP contribution >= 0.6 is 22.6 Å². The van der Waals surface area contributed by atoms with E-state index in [2.05, 4.69) is 27.6 Å². The summed E-state index contributed by atoms with van der Waals surface area (Å²) in [4.78, 5) is 15.3. The second-order valence-corrected chi connectivity index (χ2v) is 6.64. The molecule has 7 heteroatoms. The van der Waals surface area contributed by atoms with Crippen molar-refractivity contribution in [1.29, 1.82) is 0 Å². The van der Waals surface area contributed by atoms with Crippen molar-refractivity contribution < 1.29 is 23.8 Å². The molecule has 0 atom stereocenters. The Labute approximate surface area is 169 Å². The summed E-state index contributed by atoms with van der Waals surface area (Å²) in [5.74, 6) is 0.251. The SMILES string of the molecule is COc1cc(C=Nc2ccccc2I)ccc1OCc1ccc(C(=O)O)o1. The molecule has 2 aromatic carbocycles. The van der Waals surface area contributed by atoms with Gasteiger partial charge < -0.3 is 19.0 Å². The number of halogens is 1. The van der Waals surface area contributed by atoms with Crippen LogP contribution in [-0.2, 0) is 6.61 Å². The third kappa shape index (κ3) is 4.88. The van der Waals surface area contributed by atoms with E-state index in [1.807, 2.05) is 36.4 Å². The Morgan fingerprint density at radius 2 is 2.00 bits per heavy atom. The highest BCUT2D eigenvalue weighted by Crippen LogP contribution is 2.29. The van der Waals surface area contributed by atoms with E-state index >= 15 is 0 Å². The van der Waals surface area contributed by atoms with Gasteiger partial charge in [-0.15, -0.1) is 0 Å². The first-order valence-electron chi connectivity index (χ1n) is 7.98. The van der Waals surface area contributed by atoms with E-state index in [1.165, 1.54) is 6.07 Å². The third-order valence-corrected chi connectivity index (χ3v) is 4.55. The molecule has 0 aliphatic heterocycles. The standard InChI is InChI=1S/C20H16INO5/c1-25-19-10-13(11-22-16-5-3-2-4-15(16)21)6-8-17(19)26-12-14-7-9-18(27-14)20(23)24/h2-11H,12H2,1H3,(H,23,24). The normalized spacial score (nSPS) is 10.9. The van der Waals surface area contributed by atoms with Crippen LogP contribution in [0.2, 0.25) is 0 Å². The van der Waals surface area contributed by atoms with E-state index in [0.29, 0.717) is 17.3 Å². The number of furan rings is 1. The second-order valence-electron chi connectivity index (χ2n) is 5.48. The summed E-state index contributed by atoms with van der Waals surface area (Å²) in [5.41, 5.74) is 1.76. The molecular weight excluding hydrogens is 461 g/mol. The summed E-state index contributed by atoms with van der Waals surface area (Å²) in [6, 6.07) is 16.3. The maximum Gasteiger partial charge on any atom is 0.371 e. The van der Waals surface area contributed by atoms with Crippen LogP contribution in [0, 0.1) is 3.57 Å².